The lowest BCUT2D eigenvalue weighted by atomic mass is 10.1. The molecule has 0 aliphatic carbocycles. The maximum absolute atomic E-state index is 10.1. The highest BCUT2D eigenvalue weighted by Crippen LogP contribution is 2.08. The summed E-state index contributed by atoms with van der Waals surface area (Å²) in [6, 6.07) is 0. The van der Waals surface area contributed by atoms with Crippen molar-refractivity contribution in [3.63, 3.8) is 0 Å². The van der Waals surface area contributed by atoms with E-state index in [0.717, 1.165) is 25.7 Å². The fourth-order valence-corrected chi connectivity index (χ4v) is 2.29. The quantitative estimate of drug-likeness (QED) is 0.359. The van der Waals surface area contributed by atoms with Crippen LogP contribution in [0.1, 0.15) is 110 Å². The largest absolute Gasteiger partial charge is 0.481 e. The summed E-state index contributed by atoms with van der Waals surface area (Å²) in [6.07, 6.45) is 15.9. The van der Waals surface area contributed by atoms with Gasteiger partial charge in [-0.15, -0.1) is 0 Å². The second-order valence-corrected chi connectivity index (χ2v) is 6.18. The summed E-state index contributed by atoms with van der Waals surface area (Å²) < 4.78 is 0. The van der Waals surface area contributed by atoms with Gasteiger partial charge in [-0.05, 0) is 12.8 Å². The summed E-state index contributed by atoms with van der Waals surface area (Å²) in [5.74, 6) is -1.33. The van der Waals surface area contributed by atoms with Gasteiger partial charge in [-0.25, -0.2) is 0 Å². The standard InChI is InChI=1S/C10H20O2.C9H18O2/c1-2-3-4-5-6-7-8-9-10(11)12;1-2-3-4-5-6-7-8-9(10)11/h2-9H2,1H3,(H,11,12);2-8H2,1H3,(H,10,11). The maximum Gasteiger partial charge on any atom is 0.303 e. The van der Waals surface area contributed by atoms with Crippen LogP contribution >= 0.6 is 0 Å². The van der Waals surface area contributed by atoms with Crippen LogP contribution in [-0.2, 0) is 9.59 Å². The van der Waals surface area contributed by atoms with Gasteiger partial charge in [0.05, 0.1) is 0 Å². The van der Waals surface area contributed by atoms with Crippen LogP contribution in [0.25, 0.3) is 0 Å². The Morgan fingerprint density at radius 3 is 1.04 bits per heavy atom. The van der Waals surface area contributed by atoms with Crippen LogP contribution in [0.5, 0.6) is 0 Å². The molecule has 0 fully saturated rings. The molecule has 4 nitrogen and oxygen atoms in total. The summed E-state index contributed by atoms with van der Waals surface area (Å²) in [5.41, 5.74) is 0. The van der Waals surface area contributed by atoms with Crippen LogP contribution in [0, 0.1) is 0 Å². The lowest BCUT2D eigenvalue weighted by Crippen LogP contribution is -1.93. The zero-order valence-corrected chi connectivity index (χ0v) is 15.3. The highest BCUT2D eigenvalue weighted by Gasteiger charge is 1.96. The third-order valence-corrected chi connectivity index (χ3v) is 3.74. The molecular weight excluding hydrogens is 292 g/mol. The minimum Gasteiger partial charge on any atom is -0.481 e. The van der Waals surface area contributed by atoms with Crippen LogP contribution in [0.4, 0.5) is 0 Å². The molecule has 0 saturated heterocycles. The third-order valence-electron chi connectivity index (χ3n) is 3.74. The molecule has 2 N–H and O–H groups in total. The first kappa shape index (κ1) is 24.2. The van der Waals surface area contributed by atoms with Crippen LogP contribution in [0.3, 0.4) is 0 Å². The third kappa shape index (κ3) is 29.6. The van der Waals surface area contributed by atoms with Crippen LogP contribution in [0.2, 0.25) is 0 Å². The molecule has 0 rings (SSSR count). The van der Waals surface area contributed by atoms with E-state index < -0.39 is 11.9 Å². The molecule has 0 aromatic heterocycles. The van der Waals surface area contributed by atoms with Gasteiger partial charge >= 0.3 is 11.9 Å². The van der Waals surface area contributed by atoms with E-state index >= 15 is 0 Å². The first-order valence-electron chi connectivity index (χ1n) is 9.48. The van der Waals surface area contributed by atoms with E-state index in [2.05, 4.69) is 13.8 Å². The second-order valence-electron chi connectivity index (χ2n) is 6.18. The Bertz CT molecular complexity index is 264. The molecule has 0 atom stereocenters. The molecule has 0 aliphatic rings. The summed E-state index contributed by atoms with van der Waals surface area (Å²) in [5, 5.41) is 16.7. The Hall–Kier alpha value is -1.06. The molecular formula is C19H38O4. The molecule has 0 amide bonds. The van der Waals surface area contributed by atoms with Gasteiger partial charge in [0.1, 0.15) is 0 Å². The number of hydrogen-bond donors (Lipinski definition) is 2. The van der Waals surface area contributed by atoms with Gasteiger partial charge in [0.15, 0.2) is 0 Å². The van der Waals surface area contributed by atoms with Crippen molar-refractivity contribution in [3.8, 4) is 0 Å². The fraction of sp³-hybridized carbons (Fsp3) is 0.895. The van der Waals surface area contributed by atoms with Gasteiger partial charge < -0.3 is 10.2 Å². The Balaban J connectivity index is 0. The van der Waals surface area contributed by atoms with Crippen LogP contribution in [0.15, 0.2) is 0 Å². The van der Waals surface area contributed by atoms with Crippen molar-refractivity contribution in [2.75, 3.05) is 0 Å². The molecule has 0 spiro atoms. The average molecular weight is 331 g/mol. The Morgan fingerprint density at radius 1 is 0.522 bits per heavy atom. The van der Waals surface area contributed by atoms with Crippen molar-refractivity contribution in [1.82, 2.24) is 0 Å². The van der Waals surface area contributed by atoms with Crippen molar-refractivity contribution in [2.45, 2.75) is 110 Å². The molecule has 0 heterocycles. The number of aliphatic carboxylic acids is 2. The SMILES string of the molecule is CCCCCCCCC(=O)O.CCCCCCCCCC(=O)O. The minimum absolute atomic E-state index is 0.339. The van der Waals surface area contributed by atoms with E-state index in [-0.39, 0.29) is 0 Å². The molecule has 23 heavy (non-hydrogen) atoms. The fourth-order valence-electron chi connectivity index (χ4n) is 2.29. The van der Waals surface area contributed by atoms with Crippen molar-refractivity contribution >= 4 is 11.9 Å². The molecule has 0 saturated carbocycles. The minimum atomic E-state index is -0.666. The molecule has 0 bridgehead atoms. The summed E-state index contributed by atoms with van der Waals surface area (Å²) in [4.78, 5) is 20.2. The van der Waals surface area contributed by atoms with Gasteiger partial charge in [-0.2, -0.15) is 0 Å². The Labute approximate surface area is 142 Å². The summed E-state index contributed by atoms with van der Waals surface area (Å²) in [6.45, 7) is 4.38. The lowest BCUT2D eigenvalue weighted by molar-refractivity contribution is -0.138. The highest BCUT2D eigenvalue weighted by molar-refractivity contribution is 5.66. The van der Waals surface area contributed by atoms with E-state index in [1.54, 1.807) is 0 Å². The predicted molar refractivity (Wildman–Crippen MR) is 95.9 cm³/mol. The number of hydrogen-bond acceptors (Lipinski definition) is 2. The van der Waals surface area contributed by atoms with Gasteiger partial charge in [0, 0.05) is 12.8 Å². The van der Waals surface area contributed by atoms with Crippen molar-refractivity contribution in [3.05, 3.63) is 0 Å². The second kappa shape index (κ2) is 20.9. The molecule has 0 aliphatic heterocycles. The van der Waals surface area contributed by atoms with Crippen LogP contribution in [-0.4, -0.2) is 22.2 Å². The Kier molecular flexibility index (Phi) is 22.0. The van der Waals surface area contributed by atoms with Gasteiger partial charge in [-0.3, -0.25) is 9.59 Å². The smallest absolute Gasteiger partial charge is 0.303 e. The molecule has 0 unspecified atom stereocenters. The number of rotatable bonds is 15. The Morgan fingerprint density at radius 2 is 0.783 bits per heavy atom. The topological polar surface area (TPSA) is 74.6 Å². The number of carboxylic acids is 2. The zero-order chi connectivity index (χ0) is 17.8. The van der Waals surface area contributed by atoms with E-state index in [0.29, 0.717) is 12.8 Å². The van der Waals surface area contributed by atoms with E-state index in [1.807, 2.05) is 0 Å². The highest BCUT2D eigenvalue weighted by atomic mass is 16.4. The molecule has 4 heteroatoms. The number of carbonyl (C=O) groups is 2. The average Bonchev–Trinajstić information content (AvgIpc) is 2.50. The summed E-state index contributed by atoms with van der Waals surface area (Å²) in [7, 11) is 0. The number of carboxylic acid groups (broad SMARTS) is 2. The normalized spacial score (nSPS) is 10.0. The van der Waals surface area contributed by atoms with Crippen molar-refractivity contribution < 1.29 is 19.8 Å². The predicted octanol–water partition coefficient (Wildman–Crippen LogP) is 6.03. The number of unbranched alkanes of at least 4 members (excludes halogenated alkanes) is 11. The first-order chi connectivity index (χ1) is 11.0. The van der Waals surface area contributed by atoms with E-state index in [9.17, 15) is 9.59 Å². The molecule has 0 radical (unpaired) electrons. The van der Waals surface area contributed by atoms with Crippen LogP contribution < -0.4 is 0 Å². The van der Waals surface area contributed by atoms with E-state index in [1.165, 1.54) is 57.8 Å². The lowest BCUT2D eigenvalue weighted by Gasteiger charge is -1.98. The molecule has 0 aromatic carbocycles. The van der Waals surface area contributed by atoms with E-state index in [4.69, 9.17) is 10.2 Å². The van der Waals surface area contributed by atoms with Gasteiger partial charge in [0.2, 0.25) is 0 Å². The molecule has 138 valence electrons. The monoisotopic (exact) mass is 330 g/mol. The first-order valence-corrected chi connectivity index (χ1v) is 9.48. The van der Waals surface area contributed by atoms with Crippen molar-refractivity contribution in [1.29, 1.82) is 0 Å². The van der Waals surface area contributed by atoms with Gasteiger partial charge in [0.25, 0.3) is 0 Å². The molecule has 0 aromatic rings. The van der Waals surface area contributed by atoms with Gasteiger partial charge in [-0.1, -0.05) is 84.5 Å². The maximum atomic E-state index is 10.1. The van der Waals surface area contributed by atoms with Crippen molar-refractivity contribution in [2.24, 2.45) is 0 Å². The summed E-state index contributed by atoms with van der Waals surface area (Å²) >= 11 is 0. The zero-order valence-electron chi connectivity index (χ0n) is 15.3.